The minimum atomic E-state index is -0.300. The summed E-state index contributed by atoms with van der Waals surface area (Å²) in [6.45, 7) is 0.359. The Kier molecular flexibility index (Phi) is 6.08. The Balaban J connectivity index is 1.43. The number of thiazole rings is 1. The first-order chi connectivity index (χ1) is 12.6. The fourth-order valence-electron chi connectivity index (χ4n) is 2.18. The molecule has 2 amide bonds. The van der Waals surface area contributed by atoms with Crippen LogP contribution in [0.5, 0.6) is 0 Å². The number of nitrogens with one attached hydrogen (secondary N) is 2. The van der Waals surface area contributed by atoms with Gasteiger partial charge in [0.2, 0.25) is 5.91 Å². The Bertz CT molecular complexity index is 876. The average Bonchev–Trinajstić information content (AvgIpc) is 3.31. The Morgan fingerprint density at radius 2 is 1.92 bits per heavy atom. The molecule has 0 aliphatic rings. The molecule has 0 atom stereocenters. The molecule has 3 rings (SSSR count). The van der Waals surface area contributed by atoms with Gasteiger partial charge in [0, 0.05) is 18.3 Å². The molecule has 0 spiro atoms. The van der Waals surface area contributed by atoms with E-state index >= 15 is 0 Å². The molecule has 26 heavy (non-hydrogen) atoms. The summed E-state index contributed by atoms with van der Waals surface area (Å²) in [5, 5.41) is 9.73. The van der Waals surface area contributed by atoms with E-state index in [1.807, 2.05) is 16.8 Å². The number of aromatic nitrogens is 1. The summed E-state index contributed by atoms with van der Waals surface area (Å²) < 4.78 is 12.8. The fraction of sp³-hybridized carbons (Fsp3) is 0.167. The number of carbonyl (C=O) groups is 2. The first-order valence-corrected chi connectivity index (χ1v) is 9.66. The van der Waals surface area contributed by atoms with Gasteiger partial charge in [0.15, 0.2) is 5.13 Å². The average molecular weight is 389 g/mol. The van der Waals surface area contributed by atoms with Crippen molar-refractivity contribution in [1.29, 1.82) is 0 Å². The number of hydrogen-bond acceptors (Lipinski definition) is 5. The predicted molar refractivity (Wildman–Crippen MR) is 101 cm³/mol. The molecule has 0 fully saturated rings. The summed E-state index contributed by atoms with van der Waals surface area (Å²) in [5.41, 5.74) is 1.60. The summed E-state index contributed by atoms with van der Waals surface area (Å²) >= 11 is 2.70. The molecule has 0 radical (unpaired) electrons. The smallest absolute Gasteiger partial charge is 0.267 e. The highest BCUT2D eigenvalue weighted by Crippen LogP contribution is 2.18. The molecule has 1 aromatic carbocycles. The number of thiophene rings is 1. The van der Waals surface area contributed by atoms with Crippen LogP contribution in [0, 0.1) is 5.82 Å². The zero-order valence-corrected chi connectivity index (χ0v) is 15.3. The third-order valence-corrected chi connectivity index (χ3v) is 5.20. The second kappa shape index (κ2) is 8.68. The molecule has 0 aliphatic heterocycles. The van der Waals surface area contributed by atoms with Gasteiger partial charge in [-0.05, 0) is 35.6 Å². The maximum atomic E-state index is 12.8. The van der Waals surface area contributed by atoms with Gasteiger partial charge >= 0.3 is 0 Å². The van der Waals surface area contributed by atoms with Crippen LogP contribution in [0.15, 0.2) is 47.2 Å². The van der Waals surface area contributed by atoms with Crippen molar-refractivity contribution in [3.8, 4) is 0 Å². The van der Waals surface area contributed by atoms with Crippen LogP contribution in [-0.4, -0.2) is 16.8 Å². The Hall–Kier alpha value is -2.58. The molecule has 2 heterocycles. The lowest BCUT2D eigenvalue weighted by molar-refractivity contribution is -0.121. The van der Waals surface area contributed by atoms with Crippen molar-refractivity contribution in [3.05, 3.63) is 69.1 Å². The van der Waals surface area contributed by atoms with Crippen LogP contribution < -0.4 is 10.6 Å². The number of benzene rings is 1. The molecule has 0 unspecified atom stereocenters. The van der Waals surface area contributed by atoms with Crippen molar-refractivity contribution in [2.75, 3.05) is 5.32 Å². The molecule has 5 nitrogen and oxygen atoms in total. The molecule has 2 aromatic heterocycles. The van der Waals surface area contributed by atoms with Crippen LogP contribution >= 0.6 is 22.7 Å². The zero-order chi connectivity index (χ0) is 18.4. The fourth-order valence-corrected chi connectivity index (χ4v) is 3.54. The van der Waals surface area contributed by atoms with Crippen LogP contribution in [0.1, 0.15) is 27.3 Å². The van der Waals surface area contributed by atoms with E-state index in [1.165, 1.54) is 34.8 Å². The second-order valence-corrected chi connectivity index (χ2v) is 7.28. The monoisotopic (exact) mass is 389 g/mol. The molecule has 0 saturated heterocycles. The van der Waals surface area contributed by atoms with E-state index in [0.29, 0.717) is 29.4 Å². The highest BCUT2D eigenvalue weighted by Gasteiger charge is 2.10. The van der Waals surface area contributed by atoms with Gasteiger partial charge in [-0.3, -0.25) is 14.9 Å². The van der Waals surface area contributed by atoms with Gasteiger partial charge in [0.05, 0.1) is 10.6 Å². The second-order valence-electron chi connectivity index (χ2n) is 5.48. The number of hydrogen-bond donors (Lipinski definition) is 2. The molecular formula is C18H16FN3O2S2. The summed E-state index contributed by atoms with van der Waals surface area (Å²) in [6, 6.07) is 9.57. The summed E-state index contributed by atoms with van der Waals surface area (Å²) in [4.78, 5) is 28.8. The van der Waals surface area contributed by atoms with Gasteiger partial charge in [-0.15, -0.1) is 22.7 Å². The number of carbonyl (C=O) groups excluding carboxylic acids is 2. The minimum Gasteiger partial charge on any atom is -0.352 e. The molecule has 2 N–H and O–H groups in total. The SMILES string of the molecule is O=C(CCc1csc(NC(=O)c2cccs2)n1)NCc1ccc(F)cc1. The number of nitrogens with zero attached hydrogens (tertiary/aromatic N) is 1. The predicted octanol–water partition coefficient (Wildman–Crippen LogP) is 3.85. The summed E-state index contributed by atoms with van der Waals surface area (Å²) in [7, 11) is 0. The van der Waals surface area contributed by atoms with Crippen molar-refractivity contribution >= 4 is 39.6 Å². The van der Waals surface area contributed by atoms with E-state index < -0.39 is 0 Å². The first kappa shape index (κ1) is 18.2. The molecular weight excluding hydrogens is 373 g/mol. The van der Waals surface area contributed by atoms with Crippen LogP contribution in [0.25, 0.3) is 0 Å². The van der Waals surface area contributed by atoms with Crippen molar-refractivity contribution in [1.82, 2.24) is 10.3 Å². The van der Waals surface area contributed by atoms with Crippen molar-refractivity contribution in [3.63, 3.8) is 0 Å². The Morgan fingerprint density at radius 1 is 1.12 bits per heavy atom. The van der Waals surface area contributed by atoms with Gasteiger partial charge in [-0.1, -0.05) is 18.2 Å². The van der Waals surface area contributed by atoms with Crippen LogP contribution in [-0.2, 0) is 17.8 Å². The number of rotatable bonds is 7. The summed E-state index contributed by atoms with van der Waals surface area (Å²) in [5.74, 6) is -0.588. The maximum absolute atomic E-state index is 12.8. The zero-order valence-electron chi connectivity index (χ0n) is 13.7. The third kappa shape index (κ3) is 5.21. The van der Waals surface area contributed by atoms with Gasteiger partial charge in [-0.25, -0.2) is 9.37 Å². The molecule has 0 aliphatic carbocycles. The lowest BCUT2D eigenvalue weighted by Crippen LogP contribution is -2.23. The molecule has 0 saturated carbocycles. The molecule has 134 valence electrons. The van der Waals surface area contributed by atoms with Gasteiger partial charge < -0.3 is 5.32 Å². The number of aryl methyl sites for hydroxylation is 1. The topological polar surface area (TPSA) is 71.1 Å². The normalized spacial score (nSPS) is 10.5. The third-order valence-electron chi connectivity index (χ3n) is 3.53. The van der Waals surface area contributed by atoms with Gasteiger partial charge in [0.25, 0.3) is 5.91 Å². The minimum absolute atomic E-state index is 0.105. The van der Waals surface area contributed by atoms with Crippen LogP contribution in [0.2, 0.25) is 0 Å². The quantitative estimate of drug-likeness (QED) is 0.645. The number of anilines is 1. The number of halogens is 1. The van der Waals surface area contributed by atoms with E-state index in [-0.39, 0.29) is 17.6 Å². The van der Waals surface area contributed by atoms with E-state index in [2.05, 4.69) is 15.6 Å². The maximum Gasteiger partial charge on any atom is 0.267 e. The van der Waals surface area contributed by atoms with E-state index in [9.17, 15) is 14.0 Å². The van der Waals surface area contributed by atoms with Crippen LogP contribution in [0.3, 0.4) is 0 Å². The standard InChI is InChI=1S/C18H16FN3O2S2/c19-13-5-3-12(4-6-13)10-20-16(23)8-7-14-11-26-18(21-14)22-17(24)15-2-1-9-25-15/h1-6,9,11H,7-8,10H2,(H,20,23)(H,21,22,24). The lowest BCUT2D eigenvalue weighted by Gasteiger charge is -2.04. The van der Waals surface area contributed by atoms with Gasteiger partial charge in [0.1, 0.15) is 5.82 Å². The van der Waals surface area contributed by atoms with Gasteiger partial charge in [-0.2, -0.15) is 0 Å². The number of amides is 2. The Labute approximate surface area is 157 Å². The first-order valence-electron chi connectivity index (χ1n) is 7.90. The largest absolute Gasteiger partial charge is 0.352 e. The van der Waals surface area contributed by atoms with Crippen molar-refractivity contribution in [2.45, 2.75) is 19.4 Å². The Morgan fingerprint density at radius 3 is 2.65 bits per heavy atom. The molecule has 3 aromatic rings. The van der Waals surface area contributed by atoms with E-state index in [0.717, 1.165) is 11.3 Å². The highest BCUT2D eigenvalue weighted by molar-refractivity contribution is 7.14. The molecule has 8 heteroatoms. The van der Waals surface area contributed by atoms with E-state index in [1.54, 1.807) is 18.2 Å². The highest BCUT2D eigenvalue weighted by atomic mass is 32.1. The summed E-state index contributed by atoms with van der Waals surface area (Å²) in [6.07, 6.45) is 0.782. The van der Waals surface area contributed by atoms with E-state index in [4.69, 9.17) is 0 Å². The lowest BCUT2D eigenvalue weighted by atomic mass is 10.2. The van der Waals surface area contributed by atoms with Crippen molar-refractivity contribution < 1.29 is 14.0 Å². The molecule has 0 bridgehead atoms. The van der Waals surface area contributed by atoms with Crippen molar-refractivity contribution in [2.24, 2.45) is 0 Å². The van der Waals surface area contributed by atoms with Crippen LogP contribution in [0.4, 0.5) is 9.52 Å².